The molecule has 4 atom stereocenters. The summed E-state index contributed by atoms with van der Waals surface area (Å²) < 4.78 is 1.78. The molecule has 4 fully saturated rings. The lowest BCUT2D eigenvalue weighted by atomic mass is 10.0. The summed E-state index contributed by atoms with van der Waals surface area (Å²) in [5.74, 6) is 0.861. The van der Waals surface area contributed by atoms with Gasteiger partial charge in [0.2, 0.25) is 11.8 Å². The molecule has 0 spiro atoms. The second-order valence-corrected chi connectivity index (χ2v) is 11.5. The predicted octanol–water partition coefficient (Wildman–Crippen LogP) is 2.85. The number of hydrogen-bond acceptors (Lipinski definition) is 6. The summed E-state index contributed by atoms with van der Waals surface area (Å²) >= 11 is 6.45. The third kappa shape index (κ3) is 3.09. The molecule has 2 amide bonds. The Kier molecular flexibility index (Phi) is 4.43. The van der Waals surface area contributed by atoms with Crippen LogP contribution in [0.25, 0.3) is 16.8 Å². The molecule has 0 radical (unpaired) electrons. The fraction of sp³-hybridized carbons (Fsp3) is 0.462. The normalized spacial score (nSPS) is 28.8. The molecule has 7 rings (SSSR count). The van der Waals surface area contributed by atoms with Gasteiger partial charge in [0, 0.05) is 48.6 Å². The molecule has 3 aliphatic heterocycles. The van der Waals surface area contributed by atoms with E-state index in [1.165, 1.54) is 4.90 Å². The van der Waals surface area contributed by atoms with E-state index in [2.05, 4.69) is 26.4 Å². The minimum absolute atomic E-state index is 0.0576. The van der Waals surface area contributed by atoms with Crippen LogP contribution in [-0.4, -0.2) is 57.5 Å². The van der Waals surface area contributed by atoms with E-state index in [-0.39, 0.29) is 35.6 Å². The van der Waals surface area contributed by atoms with Gasteiger partial charge in [-0.15, -0.1) is 0 Å². The van der Waals surface area contributed by atoms with Crippen molar-refractivity contribution in [2.24, 2.45) is 29.1 Å². The average molecular weight is 491 g/mol. The standard InChI is InChI=1S/C26H27ClN6O2/c1-26(2)21-22(26)25(35)32(24(21)34)9-14-5-20-23(29-13-30-33(20)10-14)18-6-17(27)3-4-19(18)31-11-15-7-28-8-16(15)12-31/h3-6,10,13,15-16,21-22,28H,7-9,11-12H2,1-2H3. The number of rotatable bonds is 4. The van der Waals surface area contributed by atoms with Gasteiger partial charge in [0.25, 0.3) is 0 Å². The van der Waals surface area contributed by atoms with Gasteiger partial charge in [0.05, 0.1) is 29.6 Å². The Labute approximate surface area is 208 Å². The first kappa shape index (κ1) is 21.3. The van der Waals surface area contributed by atoms with Crippen molar-refractivity contribution >= 4 is 34.6 Å². The molecule has 1 N–H and O–H groups in total. The number of hydrogen-bond donors (Lipinski definition) is 1. The number of piperidine rings is 1. The summed E-state index contributed by atoms with van der Waals surface area (Å²) in [6.07, 6.45) is 3.43. The number of halogens is 1. The quantitative estimate of drug-likeness (QED) is 0.566. The van der Waals surface area contributed by atoms with Crippen LogP contribution in [0, 0.1) is 29.1 Å². The van der Waals surface area contributed by atoms with Crippen molar-refractivity contribution in [3.8, 4) is 11.3 Å². The highest BCUT2D eigenvalue weighted by Crippen LogP contribution is 2.63. The number of anilines is 1. The Bertz CT molecular complexity index is 1360. The molecule has 4 unspecified atom stereocenters. The zero-order valence-electron chi connectivity index (χ0n) is 19.7. The molecule has 5 heterocycles. The van der Waals surface area contributed by atoms with Crippen LogP contribution < -0.4 is 10.2 Å². The summed E-state index contributed by atoms with van der Waals surface area (Å²) in [6, 6.07) is 7.98. The van der Waals surface area contributed by atoms with E-state index < -0.39 is 0 Å². The summed E-state index contributed by atoms with van der Waals surface area (Å²) in [5, 5.41) is 8.56. The minimum atomic E-state index is -0.206. The van der Waals surface area contributed by atoms with Crippen LogP contribution in [-0.2, 0) is 16.1 Å². The van der Waals surface area contributed by atoms with E-state index in [9.17, 15) is 9.59 Å². The van der Waals surface area contributed by atoms with Gasteiger partial charge in [-0.2, -0.15) is 5.10 Å². The smallest absolute Gasteiger partial charge is 0.233 e. The third-order valence-corrected chi connectivity index (χ3v) is 8.87. The number of nitrogens with zero attached hydrogens (tertiary/aromatic N) is 5. The number of imide groups is 1. The van der Waals surface area contributed by atoms with Crippen molar-refractivity contribution < 1.29 is 9.59 Å². The van der Waals surface area contributed by atoms with Crippen LogP contribution in [0.4, 0.5) is 5.69 Å². The van der Waals surface area contributed by atoms with Gasteiger partial charge >= 0.3 is 0 Å². The van der Waals surface area contributed by atoms with Gasteiger partial charge < -0.3 is 10.2 Å². The van der Waals surface area contributed by atoms with E-state index in [1.807, 2.05) is 38.2 Å². The van der Waals surface area contributed by atoms with Crippen LogP contribution in [0.5, 0.6) is 0 Å². The second-order valence-electron chi connectivity index (χ2n) is 11.1. The number of likely N-dealkylation sites (tertiary alicyclic amines) is 1. The first-order valence-corrected chi connectivity index (χ1v) is 12.6. The highest BCUT2D eigenvalue weighted by atomic mass is 35.5. The van der Waals surface area contributed by atoms with Crippen LogP contribution in [0.1, 0.15) is 19.4 Å². The minimum Gasteiger partial charge on any atom is -0.370 e. The van der Waals surface area contributed by atoms with Crippen LogP contribution in [0.3, 0.4) is 0 Å². The number of amides is 2. The Balaban J connectivity index is 1.24. The molecular weight excluding hydrogens is 464 g/mol. The Hall–Kier alpha value is -2.97. The highest BCUT2D eigenvalue weighted by molar-refractivity contribution is 6.31. The maximum absolute atomic E-state index is 12.8. The molecule has 8 nitrogen and oxygen atoms in total. The number of fused-ring (bicyclic) bond motifs is 3. The van der Waals surface area contributed by atoms with Gasteiger partial charge in [0.15, 0.2) is 0 Å². The first-order chi connectivity index (χ1) is 16.8. The lowest BCUT2D eigenvalue weighted by Gasteiger charge is -2.23. The van der Waals surface area contributed by atoms with Crippen molar-refractivity contribution in [1.29, 1.82) is 0 Å². The maximum Gasteiger partial charge on any atom is 0.233 e. The fourth-order valence-electron chi connectivity index (χ4n) is 6.65. The zero-order valence-corrected chi connectivity index (χ0v) is 20.5. The topological polar surface area (TPSA) is 82.8 Å². The van der Waals surface area contributed by atoms with E-state index >= 15 is 0 Å². The molecule has 180 valence electrons. The summed E-state index contributed by atoms with van der Waals surface area (Å²) in [4.78, 5) is 34.2. The SMILES string of the molecule is CC1(C)C2C(=O)N(Cc3cc4c(-c5cc(Cl)ccc5N5CC6CNCC6C5)ncnn4c3)C(=O)C21. The number of aromatic nitrogens is 3. The number of nitrogens with one attached hydrogen (secondary N) is 1. The van der Waals surface area contributed by atoms with E-state index in [1.54, 1.807) is 10.8 Å². The Morgan fingerprint density at radius 1 is 1.09 bits per heavy atom. The molecule has 2 aromatic heterocycles. The van der Waals surface area contributed by atoms with Crippen LogP contribution in [0.15, 0.2) is 36.8 Å². The van der Waals surface area contributed by atoms with Crippen LogP contribution >= 0.6 is 11.6 Å². The Morgan fingerprint density at radius 3 is 2.51 bits per heavy atom. The predicted molar refractivity (Wildman–Crippen MR) is 132 cm³/mol. The average Bonchev–Trinajstić information content (AvgIpc) is 3.35. The lowest BCUT2D eigenvalue weighted by molar-refractivity contribution is -0.143. The van der Waals surface area contributed by atoms with Gasteiger partial charge in [-0.25, -0.2) is 9.50 Å². The molecule has 3 aromatic rings. The van der Waals surface area contributed by atoms with Crippen molar-refractivity contribution in [2.75, 3.05) is 31.1 Å². The summed E-state index contributed by atoms with van der Waals surface area (Å²) in [5.41, 5.74) is 4.37. The molecule has 0 bridgehead atoms. The highest BCUT2D eigenvalue weighted by Gasteiger charge is 2.72. The van der Waals surface area contributed by atoms with Gasteiger partial charge in [-0.05, 0) is 47.1 Å². The van der Waals surface area contributed by atoms with Crippen molar-refractivity contribution in [3.05, 3.63) is 47.4 Å². The van der Waals surface area contributed by atoms with E-state index in [0.717, 1.165) is 54.2 Å². The fourth-order valence-corrected chi connectivity index (χ4v) is 6.82. The lowest BCUT2D eigenvalue weighted by Crippen LogP contribution is -2.35. The largest absolute Gasteiger partial charge is 0.370 e. The van der Waals surface area contributed by atoms with Gasteiger partial charge in [0.1, 0.15) is 6.33 Å². The second kappa shape index (κ2) is 7.27. The Morgan fingerprint density at radius 2 is 1.80 bits per heavy atom. The first-order valence-electron chi connectivity index (χ1n) is 12.3. The number of carbonyl (C=O) groups is 2. The van der Waals surface area contributed by atoms with Crippen molar-refractivity contribution in [3.63, 3.8) is 0 Å². The third-order valence-electron chi connectivity index (χ3n) is 8.64. The number of benzene rings is 1. The molecule has 3 saturated heterocycles. The molecule has 1 aromatic carbocycles. The van der Waals surface area contributed by atoms with Crippen molar-refractivity contribution in [1.82, 2.24) is 24.8 Å². The monoisotopic (exact) mass is 490 g/mol. The molecule has 35 heavy (non-hydrogen) atoms. The molecule has 1 saturated carbocycles. The van der Waals surface area contributed by atoms with E-state index in [4.69, 9.17) is 11.6 Å². The molecule has 4 aliphatic rings. The van der Waals surface area contributed by atoms with Gasteiger partial charge in [-0.3, -0.25) is 14.5 Å². The van der Waals surface area contributed by atoms with E-state index in [0.29, 0.717) is 16.9 Å². The maximum atomic E-state index is 12.8. The number of carbonyl (C=O) groups excluding carboxylic acids is 2. The van der Waals surface area contributed by atoms with Crippen molar-refractivity contribution in [2.45, 2.75) is 20.4 Å². The zero-order chi connectivity index (χ0) is 24.1. The summed E-state index contributed by atoms with van der Waals surface area (Å²) in [6.45, 7) is 8.41. The molecular formula is C26H27ClN6O2. The molecule has 9 heteroatoms. The van der Waals surface area contributed by atoms with Crippen LogP contribution in [0.2, 0.25) is 5.02 Å². The molecule has 1 aliphatic carbocycles. The van der Waals surface area contributed by atoms with Gasteiger partial charge in [-0.1, -0.05) is 25.4 Å². The summed E-state index contributed by atoms with van der Waals surface area (Å²) in [7, 11) is 0.